The summed E-state index contributed by atoms with van der Waals surface area (Å²) in [5, 5.41) is 9.04. The minimum atomic E-state index is -0.469. The average molecular weight is 333 g/mol. The van der Waals surface area contributed by atoms with E-state index in [1.165, 1.54) is 0 Å². The van der Waals surface area contributed by atoms with Gasteiger partial charge in [-0.15, -0.1) is 10.2 Å². The van der Waals surface area contributed by atoms with E-state index in [1.807, 2.05) is 17.0 Å². The van der Waals surface area contributed by atoms with Crippen LogP contribution in [-0.4, -0.2) is 38.2 Å². The maximum atomic E-state index is 12.8. The van der Waals surface area contributed by atoms with Gasteiger partial charge in [0.25, 0.3) is 5.91 Å². The first kappa shape index (κ1) is 14.5. The second-order valence-electron chi connectivity index (χ2n) is 5.86. The Morgan fingerprint density at radius 3 is 3.09 bits per heavy atom. The Hall–Kier alpha value is -2.08. The molecule has 2 aliphatic rings. The number of aromatic nitrogens is 3. The van der Waals surface area contributed by atoms with Gasteiger partial charge in [-0.3, -0.25) is 4.79 Å². The largest absolute Gasteiger partial charge is 0.480 e. The van der Waals surface area contributed by atoms with Gasteiger partial charge in [0, 0.05) is 31.0 Å². The normalized spacial score (nSPS) is 19.2. The van der Waals surface area contributed by atoms with Gasteiger partial charge in [0.15, 0.2) is 11.9 Å². The highest BCUT2D eigenvalue weighted by atomic mass is 35.5. The van der Waals surface area contributed by atoms with E-state index in [4.69, 9.17) is 16.3 Å². The number of fused-ring (bicyclic) bond motifs is 2. The Labute approximate surface area is 139 Å². The first-order valence-electron chi connectivity index (χ1n) is 7.80. The van der Waals surface area contributed by atoms with Gasteiger partial charge in [-0.2, -0.15) is 0 Å². The van der Waals surface area contributed by atoms with Gasteiger partial charge in [-0.05, 0) is 23.8 Å². The molecule has 7 heteroatoms. The minimum absolute atomic E-state index is 0.00428. The number of rotatable bonds is 2. The van der Waals surface area contributed by atoms with Crippen molar-refractivity contribution in [3.63, 3.8) is 0 Å². The molecule has 0 aliphatic carbocycles. The monoisotopic (exact) mass is 332 g/mol. The molecular formula is C16H17ClN4O2. The van der Waals surface area contributed by atoms with E-state index in [0.717, 1.165) is 35.9 Å². The molecule has 4 rings (SSSR count). The third kappa shape index (κ3) is 2.47. The summed E-state index contributed by atoms with van der Waals surface area (Å²) in [6.45, 7) is 3.95. The number of hydrogen-bond acceptors (Lipinski definition) is 4. The predicted octanol–water partition coefficient (Wildman–Crippen LogP) is 1.84. The third-order valence-electron chi connectivity index (χ3n) is 4.43. The van der Waals surface area contributed by atoms with Gasteiger partial charge in [0.05, 0.1) is 6.54 Å². The molecule has 3 heterocycles. The zero-order valence-electron chi connectivity index (χ0n) is 12.8. The Morgan fingerprint density at radius 1 is 1.39 bits per heavy atom. The molecule has 1 atom stereocenters. The number of nitrogens with zero attached hydrogens (tertiary/aromatic N) is 4. The van der Waals surface area contributed by atoms with Crippen molar-refractivity contribution in [2.24, 2.45) is 0 Å². The van der Waals surface area contributed by atoms with E-state index in [9.17, 15) is 4.79 Å². The van der Waals surface area contributed by atoms with E-state index in [0.29, 0.717) is 24.5 Å². The lowest BCUT2D eigenvalue weighted by atomic mass is 10.1. The van der Waals surface area contributed by atoms with Crippen LogP contribution in [0.15, 0.2) is 18.2 Å². The van der Waals surface area contributed by atoms with Gasteiger partial charge in [0.1, 0.15) is 11.6 Å². The highest BCUT2D eigenvalue weighted by Crippen LogP contribution is 2.32. The van der Waals surface area contributed by atoms with Crippen LogP contribution in [0.1, 0.15) is 24.1 Å². The first-order valence-corrected chi connectivity index (χ1v) is 8.18. The van der Waals surface area contributed by atoms with Gasteiger partial charge in [-0.1, -0.05) is 18.5 Å². The summed E-state index contributed by atoms with van der Waals surface area (Å²) in [7, 11) is 0. The molecule has 0 saturated heterocycles. The van der Waals surface area contributed by atoms with Crippen molar-refractivity contribution in [3.05, 3.63) is 40.4 Å². The van der Waals surface area contributed by atoms with Crippen molar-refractivity contribution in [3.8, 4) is 5.75 Å². The van der Waals surface area contributed by atoms with E-state index in [2.05, 4.69) is 21.7 Å². The van der Waals surface area contributed by atoms with Crippen LogP contribution in [-0.2, 0) is 30.7 Å². The molecule has 0 saturated carbocycles. The zero-order valence-corrected chi connectivity index (χ0v) is 13.6. The standard InChI is InChI=1S/C16H17ClN4O2/c1-2-14-18-19-15-9-20(5-6-21(14)15)16(22)13-8-10-7-11(17)3-4-12(10)23-13/h3-4,7,13H,2,5-6,8-9H2,1H3/t13-/m0/s1. The summed E-state index contributed by atoms with van der Waals surface area (Å²) in [4.78, 5) is 14.6. The zero-order chi connectivity index (χ0) is 16.0. The molecule has 1 aromatic carbocycles. The van der Waals surface area contributed by atoms with Crippen molar-refractivity contribution in [2.75, 3.05) is 6.54 Å². The van der Waals surface area contributed by atoms with Crippen LogP contribution >= 0.6 is 11.6 Å². The average Bonchev–Trinajstić information content (AvgIpc) is 3.16. The third-order valence-corrected chi connectivity index (χ3v) is 4.67. The van der Waals surface area contributed by atoms with Crippen LogP contribution in [0.3, 0.4) is 0 Å². The molecular weight excluding hydrogens is 316 g/mol. The van der Waals surface area contributed by atoms with Crippen LogP contribution in [0.2, 0.25) is 5.02 Å². The Bertz CT molecular complexity index is 773. The molecule has 6 nitrogen and oxygen atoms in total. The smallest absolute Gasteiger partial charge is 0.264 e. The SMILES string of the molecule is CCc1nnc2n1CCN(C(=O)[C@@H]1Cc3cc(Cl)ccc3O1)C2. The number of amides is 1. The number of aryl methyl sites for hydroxylation is 1. The first-order chi connectivity index (χ1) is 11.2. The maximum absolute atomic E-state index is 12.8. The molecule has 0 fully saturated rings. The van der Waals surface area contributed by atoms with Crippen LogP contribution in [0.25, 0.3) is 0 Å². The fourth-order valence-corrected chi connectivity index (χ4v) is 3.42. The highest BCUT2D eigenvalue weighted by Gasteiger charge is 2.34. The number of benzene rings is 1. The summed E-state index contributed by atoms with van der Waals surface area (Å²) in [5.41, 5.74) is 0.990. The highest BCUT2D eigenvalue weighted by molar-refractivity contribution is 6.30. The van der Waals surface area contributed by atoms with Crippen molar-refractivity contribution in [2.45, 2.75) is 39.0 Å². The summed E-state index contributed by atoms with van der Waals surface area (Å²) >= 11 is 6.00. The number of hydrogen-bond donors (Lipinski definition) is 0. The predicted molar refractivity (Wildman–Crippen MR) is 84.4 cm³/mol. The van der Waals surface area contributed by atoms with Gasteiger partial charge < -0.3 is 14.2 Å². The molecule has 0 spiro atoms. The fraction of sp³-hybridized carbons (Fsp3) is 0.438. The lowest BCUT2D eigenvalue weighted by molar-refractivity contribution is -0.139. The van der Waals surface area contributed by atoms with Crippen molar-refractivity contribution >= 4 is 17.5 Å². The molecule has 1 aromatic heterocycles. The molecule has 120 valence electrons. The fourth-order valence-electron chi connectivity index (χ4n) is 3.23. The van der Waals surface area contributed by atoms with Gasteiger partial charge in [0.2, 0.25) is 0 Å². The van der Waals surface area contributed by atoms with E-state index >= 15 is 0 Å². The number of ether oxygens (including phenoxy) is 1. The number of carbonyl (C=O) groups excluding carboxylic acids is 1. The second-order valence-corrected chi connectivity index (χ2v) is 6.30. The Kier molecular flexibility index (Phi) is 3.49. The second kappa shape index (κ2) is 5.53. The molecule has 0 radical (unpaired) electrons. The summed E-state index contributed by atoms with van der Waals surface area (Å²) in [6, 6.07) is 5.47. The van der Waals surface area contributed by atoms with E-state index in [1.54, 1.807) is 6.07 Å². The van der Waals surface area contributed by atoms with Crippen molar-refractivity contribution in [1.29, 1.82) is 0 Å². The summed E-state index contributed by atoms with van der Waals surface area (Å²) in [6.07, 6.45) is 0.949. The van der Waals surface area contributed by atoms with Crippen LogP contribution in [0, 0.1) is 0 Å². The molecule has 0 unspecified atom stereocenters. The van der Waals surface area contributed by atoms with Crippen molar-refractivity contribution in [1.82, 2.24) is 19.7 Å². The van der Waals surface area contributed by atoms with Crippen molar-refractivity contribution < 1.29 is 9.53 Å². The van der Waals surface area contributed by atoms with Crippen LogP contribution < -0.4 is 4.74 Å². The lowest BCUT2D eigenvalue weighted by Gasteiger charge is -2.29. The summed E-state index contributed by atoms with van der Waals surface area (Å²) < 4.78 is 7.90. The Morgan fingerprint density at radius 2 is 2.26 bits per heavy atom. The lowest BCUT2D eigenvalue weighted by Crippen LogP contribution is -2.45. The van der Waals surface area contributed by atoms with E-state index in [-0.39, 0.29) is 5.91 Å². The number of carbonyl (C=O) groups is 1. The molecule has 1 amide bonds. The molecule has 2 aromatic rings. The molecule has 23 heavy (non-hydrogen) atoms. The van der Waals surface area contributed by atoms with Gasteiger partial charge in [-0.25, -0.2) is 0 Å². The summed E-state index contributed by atoms with van der Waals surface area (Å²) in [5.74, 6) is 2.58. The Balaban J connectivity index is 1.49. The maximum Gasteiger partial charge on any atom is 0.264 e. The quantitative estimate of drug-likeness (QED) is 0.842. The molecule has 0 bridgehead atoms. The van der Waals surface area contributed by atoms with Crippen LogP contribution in [0.5, 0.6) is 5.75 Å². The molecule has 0 N–H and O–H groups in total. The van der Waals surface area contributed by atoms with Gasteiger partial charge >= 0.3 is 0 Å². The number of halogens is 1. The topological polar surface area (TPSA) is 60.2 Å². The van der Waals surface area contributed by atoms with E-state index < -0.39 is 6.10 Å². The van der Waals surface area contributed by atoms with Crippen LogP contribution in [0.4, 0.5) is 0 Å². The minimum Gasteiger partial charge on any atom is -0.480 e. The molecule has 2 aliphatic heterocycles.